The Morgan fingerprint density at radius 3 is 2.11 bits per heavy atom. The molecule has 0 aromatic heterocycles. The Morgan fingerprint density at radius 2 is 1.58 bits per heavy atom. The van der Waals surface area contributed by atoms with Crippen LogP contribution in [0.2, 0.25) is 0 Å². The zero-order valence-electron chi connectivity index (χ0n) is 10.9. The van der Waals surface area contributed by atoms with Crippen LogP contribution >= 0.6 is 0 Å². The van der Waals surface area contributed by atoms with Crippen molar-refractivity contribution in [2.45, 2.75) is 6.92 Å². The van der Waals surface area contributed by atoms with Crippen molar-refractivity contribution < 1.29 is 9.90 Å². The predicted octanol–water partition coefficient (Wildman–Crippen LogP) is 3.26. The number of likely N-dealkylation sites (N-methyl/N-ethyl adjacent to an activating group) is 1. The van der Waals surface area contributed by atoms with Crippen molar-refractivity contribution in [3.63, 3.8) is 0 Å². The molecule has 0 fully saturated rings. The highest BCUT2D eigenvalue weighted by Crippen LogP contribution is 2.22. The molecule has 3 nitrogen and oxygen atoms in total. The SMILES string of the molecule is CCN(CC(=O)O)c1ccc(-c2ccccc2)cc1. The Morgan fingerprint density at radius 1 is 1.00 bits per heavy atom. The van der Waals surface area contributed by atoms with Crippen LogP contribution in [0.1, 0.15) is 6.92 Å². The van der Waals surface area contributed by atoms with Crippen LogP contribution in [-0.4, -0.2) is 24.2 Å². The first-order valence-electron chi connectivity index (χ1n) is 6.33. The Labute approximate surface area is 113 Å². The fourth-order valence-electron chi connectivity index (χ4n) is 2.04. The van der Waals surface area contributed by atoms with Gasteiger partial charge in [-0.15, -0.1) is 0 Å². The molecule has 0 radical (unpaired) electrons. The first-order chi connectivity index (χ1) is 9.20. The Kier molecular flexibility index (Phi) is 4.18. The van der Waals surface area contributed by atoms with Crippen molar-refractivity contribution in [3.8, 4) is 11.1 Å². The van der Waals surface area contributed by atoms with E-state index in [1.165, 1.54) is 0 Å². The van der Waals surface area contributed by atoms with Gasteiger partial charge in [0.1, 0.15) is 6.54 Å². The van der Waals surface area contributed by atoms with Gasteiger partial charge in [-0.25, -0.2) is 0 Å². The molecule has 19 heavy (non-hydrogen) atoms. The summed E-state index contributed by atoms with van der Waals surface area (Å²) in [6.45, 7) is 2.66. The molecule has 0 spiro atoms. The van der Waals surface area contributed by atoms with Crippen LogP contribution in [0.25, 0.3) is 11.1 Å². The second-order valence-corrected chi connectivity index (χ2v) is 4.32. The summed E-state index contributed by atoms with van der Waals surface area (Å²) < 4.78 is 0. The first kappa shape index (κ1) is 13.1. The van der Waals surface area contributed by atoms with Crippen LogP contribution in [0.15, 0.2) is 54.6 Å². The zero-order valence-corrected chi connectivity index (χ0v) is 10.9. The van der Waals surface area contributed by atoms with Gasteiger partial charge in [-0.1, -0.05) is 42.5 Å². The van der Waals surface area contributed by atoms with Gasteiger partial charge in [0.15, 0.2) is 0 Å². The molecule has 98 valence electrons. The third-order valence-electron chi connectivity index (χ3n) is 3.05. The molecule has 0 aliphatic heterocycles. The molecule has 0 aliphatic rings. The predicted molar refractivity (Wildman–Crippen MR) is 77.4 cm³/mol. The van der Waals surface area contributed by atoms with Crippen molar-refractivity contribution in [3.05, 3.63) is 54.6 Å². The summed E-state index contributed by atoms with van der Waals surface area (Å²) in [4.78, 5) is 12.6. The topological polar surface area (TPSA) is 40.5 Å². The van der Waals surface area contributed by atoms with Gasteiger partial charge in [-0.2, -0.15) is 0 Å². The molecule has 0 atom stereocenters. The van der Waals surface area contributed by atoms with E-state index in [1.807, 2.05) is 54.3 Å². The number of carbonyl (C=O) groups is 1. The average molecular weight is 255 g/mol. The number of carboxylic acids is 1. The molecule has 2 rings (SSSR count). The van der Waals surface area contributed by atoms with E-state index in [4.69, 9.17) is 5.11 Å². The Hall–Kier alpha value is -2.29. The number of hydrogen-bond acceptors (Lipinski definition) is 2. The van der Waals surface area contributed by atoms with E-state index in [1.54, 1.807) is 0 Å². The quantitative estimate of drug-likeness (QED) is 0.891. The summed E-state index contributed by atoms with van der Waals surface area (Å²) >= 11 is 0. The average Bonchev–Trinajstić information content (AvgIpc) is 2.46. The molecule has 3 heteroatoms. The largest absolute Gasteiger partial charge is 0.480 e. The number of aliphatic carboxylic acids is 1. The van der Waals surface area contributed by atoms with Crippen molar-refractivity contribution in [1.29, 1.82) is 0 Å². The Balaban J connectivity index is 2.20. The third kappa shape index (κ3) is 3.35. The number of benzene rings is 2. The van der Waals surface area contributed by atoms with E-state index in [0.717, 1.165) is 16.8 Å². The molecule has 2 aromatic carbocycles. The van der Waals surface area contributed by atoms with Crippen LogP contribution in [-0.2, 0) is 4.79 Å². The number of hydrogen-bond donors (Lipinski definition) is 1. The summed E-state index contributed by atoms with van der Waals surface area (Å²) in [5, 5.41) is 8.87. The second-order valence-electron chi connectivity index (χ2n) is 4.32. The Bertz CT molecular complexity index is 534. The highest BCUT2D eigenvalue weighted by Gasteiger charge is 2.08. The van der Waals surface area contributed by atoms with Gasteiger partial charge >= 0.3 is 5.97 Å². The molecule has 1 N–H and O–H groups in total. The van der Waals surface area contributed by atoms with E-state index in [-0.39, 0.29) is 6.54 Å². The summed E-state index contributed by atoms with van der Waals surface area (Å²) in [6.07, 6.45) is 0. The standard InChI is InChI=1S/C16H17NO2/c1-2-17(12-16(18)19)15-10-8-14(9-11-15)13-6-4-3-5-7-13/h3-11H,2,12H2,1H3,(H,18,19). The molecular weight excluding hydrogens is 238 g/mol. The van der Waals surface area contributed by atoms with Crippen molar-refractivity contribution in [1.82, 2.24) is 0 Å². The molecule has 0 bridgehead atoms. The molecule has 0 aliphatic carbocycles. The lowest BCUT2D eigenvalue weighted by atomic mass is 10.1. The van der Waals surface area contributed by atoms with Gasteiger partial charge in [0.2, 0.25) is 0 Å². The maximum Gasteiger partial charge on any atom is 0.323 e. The number of carboxylic acid groups (broad SMARTS) is 1. The van der Waals surface area contributed by atoms with Crippen LogP contribution in [0.4, 0.5) is 5.69 Å². The van der Waals surface area contributed by atoms with Gasteiger partial charge in [-0.05, 0) is 30.2 Å². The lowest BCUT2D eigenvalue weighted by Crippen LogP contribution is -2.29. The van der Waals surface area contributed by atoms with E-state index < -0.39 is 5.97 Å². The molecule has 0 saturated carbocycles. The maximum atomic E-state index is 10.8. The van der Waals surface area contributed by atoms with Gasteiger partial charge < -0.3 is 10.0 Å². The molecule has 0 saturated heterocycles. The summed E-state index contributed by atoms with van der Waals surface area (Å²) in [5.41, 5.74) is 3.23. The normalized spacial score (nSPS) is 10.2. The summed E-state index contributed by atoms with van der Waals surface area (Å²) in [7, 11) is 0. The van der Waals surface area contributed by atoms with Crippen LogP contribution in [0.3, 0.4) is 0 Å². The minimum absolute atomic E-state index is 0.0290. The van der Waals surface area contributed by atoms with Crippen LogP contribution in [0.5, 0.6) is 0 Å². The van der Waals surface area contributed by atoms with Crippen molar-refractivity contribution in [2.24, 2.45) is 0 Å². The fraction of sp³-hybridized carbons (Fsp3) is 0.188. The number of nitrogens with zero attached hydrogens (tertiary/aromatic N) is 1. The summed E-state index contributed by atoms with van der Waals surface area (Å²) in [5.74, 6) is -0.811. The highest BCUT2D eigenvalue weighted by atomic mass is 16.4. The van der Waals surface area contributed by atoms with Crippen molar-refractivity contribution in [2.75, 3.05) is 18.0 Å². The van der Waals surface area contributed by atoms with E-state index in [9.17, 15) is 4.79 Å². The van der Waals surface area contributed by atoms with E-state index in [2.05, 4.69) is 12.1 Å². The third-order valence-corrected chi connectivity index (χ3v) is 3.05. The molecular formula is C16H17NO2. The van der Waals surface area contributed by atoms with Gasteiger partial charge in [-0.3, -0.25) is 4.79 Å². The fourth-order valence-corrected chi connectivity index (χ4v) is 2.04. The highest BCUT2D eigenvalue weighted by molar-refractivity contribution is 5.74. The second kappa shape index (κ2) is 6.05. The molecule has 0 heterocycles. The minimum Gasteiger partial charge on any atom is -0.480 e. The van der Waals surface area contributed by atoms with E-state index in [0.29, 0.717) is 6.54 Å². The van der Waals surface area contributed by atoms with Gasteiger partial charge in [0.05, 0.1) is 0 Å². The number of anilines is 1. The van der Waals surface area contributed by atoms with Crippen LogP contribution in [0, 0.1) is 0 Å². The first-order valence-corrected chi connectivity index (χ1v) is 6.33. The van der Waals surface area contributed by atoms with Gasteiger partial charge in [0.25, 0.3) is 0 Å². The van der Waals surface area contributed by atoms with E-state index >= 15 is 0 Å². The minimum atomic E-state index is -0.811. The van der Waals surface area contributed by atoms with Gasteiger partial charge in [0, 0.05) is 12.2 Å². The maximum absolute atomic E-state index is 10.8. The summed E-state index contributed by atoms with van der Waals surface area (Å²) in [6, 6.07) is 18.1. The number of rotatable bonds is 5. The monoisotopic (exact) mass is 255 g/mol. The molecule has 2 aromatic rings. The molecule has 0 unspecified atom stereocenters. The smallest absolute Gasteiger partial charge is 0.323 e. The van der Waals surface area contributed by atoms with Crippen LogP contribution < -0.4 is 4.90 Å². The van der Waals surface area contributed by atoms with Crippen molar-refractivity contribution >= 4 is 11.7 Å². The lowest BCUT2D eigenvalue weighted by Gasteiger charge is -2.21. The lowest BCUT2D eigenvalue weighted by molar-refractivity contribution is -0.135. The zero-order chi connectivity index (χ0) is 13.7. The molecule has 0 amide bonds.